The van der Waals surface area contributed by atoms with Gasteiger partial charge in [0.25, 0.3) is 0 Å². The highest BCUT2D eigenvalue weighted by Crippen LogP contribution is 2.14. The second-order valence-electron chi connectivity index (χ2n) is 3.73. The molecule has 16 heavy (non-hydrogen) atoms. The van der Waals surface area contributed by atoms with E-state index in [0.717, 1.165) is 0 Å². The molecule has 0 fully saturated rings. The van der Waals surface area contributed by atoms with Crippen LogP contribution < -0.4 is 5.32 Å². The van der Waals surface area contributed by atoms with Crippen molar-refractivity contribution in [3.63, 3.8) is 0 Å². The van der Waals surface area contributed by atoms with Gasteiger partial charge in [0.15, 0.2) is 0 Å². The van der Waals surface area contributed by atoms with Gasteiger partial charge < -0.3 is 15.2 Å². The Hall–Kier alpha value is -0.820. The predicted octanol–water partition coefficient (Wildman–Crippen LogP) is 0.843. The van der Waals surface area contributed by atoms with E-state index in [1.165, 1.54) is 0 Å². The molecule has 0 spiro atoms. The molecule has 0 rings (SSSR count). The van der Waals surface area contributed by atoms with E-state index in [1.807, 2.05) is 0 Å². The number of hydrogen-bond acceptors (Lipinski definition) is 3. The van der Waals surface area contributed by atoms with E-state index in [4.69, 9.17) is 5.11 Å². The zero-order valence-electron chi connectivity index (χ0n) is 9.23. The van der Waals surface area contributed by atoms with Crippen LogP contribution in [0.3, 0.4) is 0 Å². The van der Waals surface area contributed by atoms with Crippen molar-refractivity contribution in [2.24, 2.45) is 0 Å². The first kappa shape index (κ1) is 15.2. The zero-order chi connectivity index (χ0) is 12.8. The van der Waals surface area contributed by atoms with Crippen LogP contribution in [0.5, 0.6) is 0 Å². The number of carbonyl (C=O) groups is 1. The van der Waals surface area contributed by atoms with Gasteiger partial charge in [0.05, 0.1) is 12.1 Å². The zero-order valence-corrected chi connectivity index (χ0v) is 9.23. The largest absolute Gasteiger partial charge is 0.411 e. The second kappa shape index (κ2) is 6.05. The SMILES string of the molecule is CCC(C)(CO)NC(=O)COCC(F)(F)F. The molecule has 0 radical (unpaired) electrons. The topological polar surface area (TPSA) is 58.6 Å². The lowest BCUT2D eigenvalue weighted by atomic mass is 10.0. The summed E-state index contributed by atoms with van der Waals surface area (Å²) in [5.74, 6) is -0.678. The summed E-state index contributed by atoms with van der Waals surface area (Å²) in [5.41, 5.74) is -0.821. The van der Waals surface area contributed by atoms with Gasteiger partial charge in [-0.1, -0.05) is 6.92 Å². The molecule has 0 aromatic rings. The number of amides is 1. The van der Waals surface area contributed by atoms with Gasteiger partial charge in [0.2, 0.25) is 5.91 Å². The van der Waals surface area contributed by atoms with Crippen molar-refractivity contribution in [2.45, 2.75) is 32.0 Å². The van der Waals surface area contributed by atoms with E-state index >= 15 is 0 Å². The number of rotatable bonds is 6. The van der Waals surface area contributed by atoms with Gasteiger partial charge in [-0.25, -0.2) is 0 Å². The van der Waals surface area contributed by atoms with Crippen LogP contribution in [0.4, 0.5) is 13.2 Å². The standard InChI is InChI=1S/C9H16F3NO3/c1-3-8(2,5-14)13-7(15)4-16-6-9(10,11)12/h14H,3-6H2,1-2H3,(H,13,15). The van der Waals surface area contributed by atoms with Crippen LogP contribution >= 0.6 is 0 Å². The maximum atomic E-state index is 11.7. The fraction of sp³-hybridized carbons (Fsp3) is 0.889. The number of aliphatic hydroxyl groups is 1. The van der Waals surface area contributed by atoms with Crippen molar-refractivity contribution >= 4 is 5.91 Å². The van der Waals surface area contributed by atoms with E-state index in [0.29, 0.717) is 6.42 Å². The Labute approximate surface area is 91.8 Å². The summed E-state index contributed by atoms with van der Waals surface area (Å²) in [7, 11) is 0. The molecule has 0 saturated heterocycles. The van der Waals surface area contributed by atoms with Crippen molar-refractivity contribution in [2.75, 3.05) is 19.8 Å². The fourth-order valence-corrected chi connectivity index (χ4v) is 0.872. The Morgan fingerprint density at radius 2 is 2.00 bits per heavy atom. The first-order chi connectivity index (χ1) is 7.22. The van der Waals surface area contributed by atoms with Crippen LogP contribution in [-0.4, -0.2) is 42.5 Å². The lowest BCUT2D eigenvalue weighted by Gasteiger charge is -2.27. The summed E-state index contributed by atoms with van der Waals surface area (Å²) in [4.78, 5) is 11.1. The monoisotopic (exact) mass is 243 g/mol. The number of carbonyl (C=O) groups excluding carboxylic acids is 1. The molecule has 0 heterocycles. The minimum Gasteiger partial charge on any atom is -0.394 e. The Bertz CT molecular complexity index is 227. The molecule has 7 heteroatoms. The van der Waals surface area contributed by atoms with E-state index in [-0.39, 0.29) is 6.61 Å². The minimum atomic E-state index is -4.44. The number of nitrogens with one attached hydrogen (secondary N) is 1. The summed E-state index contributed by atoms with van der Waals surface area (Å²) in [6, 6.07) is 0. The lowest BCUT2D eigenvalue weighted by Crippen LogP contribution is -2.49. The Balaban J connectivity index is 3.91. The first-order valence-corrected chi connectivity index (χ1v) is 4.79. The van der Waals surface area contributed by atoms with E-state index in [2.05, 4.69) is 10.1 Å². The second-order valence-corrected chi connectivity index (χ2v) is 3.73. The molecular weight excluding hydrogens is 227 g/mol. The molecule has 1 atom stereocenters. The predicted molar refractivity (Wildman–Crippen MR) is 50.8 cm³/mol. The smallest absolute Gasteiger partial charge is 0.394 e. The van der Waals surface area contributed by atoms with E-state index < -0.39 is 30.8 Å². The summed E-state index contributed by atoms with van der Waals surface area (Å²) in [5, 5.41) is 11.4. The fourth-order valence-electron chi connectivity index (χ4n) is 0.872. The minimum absolute atomic E-state index is 0.283. The molecule has 2 N–H and O–H groups in total. The summed E-state index contributed by atoms with van der Waals surface area (Å²) < 4.78 is 39.2. The molecule has 0 bridgehead atoms. The number of ether oxygens (including phenoxy) is 1. The van der Waals surface area contributed by atoms with Crippen molar-refractivity contribution in [1.29, 1.82) is 0 Å². The molecule has 0 saturated carbocycles. The molecule has 0 aliphatic heterocycles. The Morgan fingerprint density at radius 3 is 2.38 bits per heavy atom. The summed E-state index contributed by atoms with van der Waals surface area (Å²) >= 11 is 0. The van der Waals surface area contributed by atoms with Gasteiger partial charge in [-0.05, 0) is 13.3 Å². The van der Waals surface area contributed by atoms with E-state index in [1.54, 1.807) is 13.8 Å². The molecule has 1 unspecified atom stereocenters. The normalized spacial score (nSPS) is 15.6. The maximum absolute atomic E-state index is 11.7. The lowest BCUT2D eigenvalue weighted by molar-refractivity contribution is -0.176. The Kier molecular flexibility index (Phi) is 5.74. The number of aliphatic hydroxyl groups excluding tert-OH is 1. The highest BCUT2D eigenvalue weighted by Gasteiger charge is 2.28. The molecule has 0 aromatic heterocycles. The molecule has 1 amide bonds. The van der Waals surface area contributed by atoms with E-state index in [9.17, 15) is 18.0 Å². The molecule has 0 aliphatic carbocycles. The van der Waals surface area contributed by atoms with Gasteiger partial charge >= 0.3 is 6.18 Å². The van der Waals surface area contributed by atoms with Gasteiger partial charge in [0, 0.05) is 0 Å². The van der Waals surface area contributed by atoms with Crippen molar-refractivity contribution in [1.82, 2.24) is 5.32 Å². The average Bonchev–Trinajstić information content (AvgIpc) is 2.15. The molecule has 0 aromatic carbocycles. The van der Waals surface area contributed by atoms with Crippen LogP contribution in [0.25, 0.3) is 0 Å². The van der Waals surface area contributed by atoms with Gasteiger partial charge in [-0.2, -0.15) is 13.2 Å². The highest BCUT2D eigenvalue weighted by atomic mass is 19.4. The van der Waals surface area contributed by atoms with Crippen LogP contribution in [0.1, 0.15) is 20.3 Å². The summed E-state index contributed by atoms with van der Waals surface area (Å²) in [6.45, 7) is 0.924. The van der Waals surface area contributed by atoms with Crippen molar-refractivity contribution in [3.05, 3.63) is 0 Å². The number of alkyl halides is 3. The van der Waals surface area contributed by atoms with Crippen molar-refractivity contribution in [3.8, 4) is 0 Å². The quantitative estimate of drug-likeness (QED) is 0.727. The molecular formula is C9H16F3NO3. The van der Waals surface area contributed by atoms with Crippen LogP contribution in [0.15, 0.2) is 0 Å². The molecule has 4 nitrogen and oxygen atoms in total. The van der Waals surface area contributed by atoms with Crippen LogP contribution in [0, 0.1) is 0 Å². The average molecular weight is 243 g/mol. The number of halogens is 3. The highest BCUT2D eigenvalue weighted by molar-refractivity contribution is 5.78. The number of hydrogen-bond donors (Lipinski definition) is 2. The third-order valence-electron chi connectivity index (χ3n) is 2.07. The third kappa shape index (κ3) is 6.62. The summed E-state index contributed by atoms with van der Waals surface area (Å²) in [6.07, 6.45) is -3.97. The van der Waals surface area contributed by atoms with Gasteiger partial charge in [-0.15, -0.1) is 0 Å². The van der Waals surface area contributed by atoms with Crippen LogP contribution in [0.2, 0.25) is 0 Å². The van der Waals surface area contributed by atoms with Crippen LogP contribution in [-0.2, 0) is 9.53 Å². The first-order valence-electron chi connectivity index (χ1n) is 4.79. The van der Waals surface area contributed by atoms with Gasteiger partial charge in [-0.3, -0.25) is 4.79 Å². The third-order valence-corrected chi connectivity index (χ3v) is 2.07. The maximum Gasteiger partial charge on any atom is 0.411 e. The van der Waals surface area contributed by atoms with Gasteiger partial charge in [0.1, 0.15) is 13.2 Å². The van der Waals surface area contributed by atoms with Crippen molar-refractivity contribution < 1.29 is 27.8 Å². The molecule has 96 valence electrons. The Morgan fingerprint density at radius 1 is 1.44 bits per heavy atom. The molecule has 0 aliphatic rings.